The molecule has 1 fully saturated rings. The maximum absolute atomic E-state index is 13.4. The van der Waals surface area contributed by atoms with E-state index >= 15 is 0 Å². The first kappa shape index (κ1) is 9.74. The quantitative estimate of drug-likeness (QED) is 0.812. The van der Waals surface area contributed by atoms with Gasteiger partial charge in [-0.25, -0.2) is 4.39 Å². The molecule has 2 N–H and O–H groups in total. The summed E-state index contributed by atoms with van der Waals surface area (Å²) < 4.78 is 13.4. The minimum atomic E-state index is -0.395. The number of halogens is 2. The molecule has 4 heteroatoms. The van der Waals surface area contributed by atoms with Crippen LogP contribution in [-0.2, 0) is 6.61 Å². The predicted octanol–water partition coefficient (Wildman–Crippen LogP) is 2.55. The van der Waals surface area contributed by atoms with Crippen molar-refractivity contribution in [2.24, 2.45) is 0 Å². The van der Waals surface area contributed by atoms with Crippen molar-refractivity contribution in [3.05, 3.63) is 28.5 Å². The highest BCUT2D eigenvalue weighted by atomic mass is 35.5. The van der Waals surface area contributed by atoms with Gasteiger partial charge in [-0.3, -0.25) is 0 Å². The third-order valence-corrected chi connectivity index (χ3v) is 2.51. The van der Waals surface area contributed by atoms with Gasteiger partial charge in [-0.2, -0.15) is 0 Å². The van der Waals surface area contributed by atoms with Crippen molar-refractivity contribution in [3.63, 3.8) is 0 Å². The molecule has 0 spiro atoms. The number of benzene rings is 1. The minimum Gasteiger partial charge on any atom is -0.392 e. The molecule has 0 bridgehead atoms. The molecule has 76 valence electrons. The van der Waals surface area contributed by atoms with Crippen molar-refractivity contribution in [3.8, 4) is 0 Å². The van der Waals surface area contributed by atoms with Gasteiger partial charge in [-0.05, 0) is 30.5 Å². The van der Waals surface area contributed by atoms with Gasteiger partial charge in [0.2, 0.25) is 0 Å². The van der Waals surface area contributed by atoms with Crippen LogP contribution >= 0.6 is 11.6 Å². The van der Waals surface area contributed by atoms with Gasteiger partial charge in [0, 0.05) is 6.04 Å². The second-order valence-corrected chi connectivity index (χ2v) is 3.92. The highest BCUT2D eigenvalue weighted by Gasteiger charge is 2.23. The number of anilines is 1. The Morgan fingerprint density at radius 3 is 2.71 bits per heavy atom. The second-order valence-electron chi connectivity index (χ2n) is 3.51. The van der Waals surface area contributed by atoms with Gasteiger partial charge >= 0.3 is 0 Å². The molecule has 0 aromatic heterocycles. The molecule has 14 heavy (non-hydrogen) atoms. The first-order chi connectivity index (χ1) is 6.70. The van der Waals surface area contributed by atoms with Crippen molar-refractivity contribution in [1.82, 2.24) is 0 Å². The van der Waals surface area contributed by atoms with Crippen LogP contribution in [0.1, 0.15) is 18.4 Å². The van der Waals surface area contributed by atoms with Gasteiger partial charge in [-0.15, -0.1) is 0 Å². The van der Waals surface area contributed by atoms with Gasteiger partial charge in [0.05, 0.1) is 17.3 Å². The molecule has 0 heterocycles. The summed E-state index contributed by atoms with van der Waals surface area (Å²) in [7, 11) is 0. The van der Waals surface area contributed by atoms with Gasteiger partial charge in [-0.1, -0.05) is 11.6 Å². The molecule has 2 nitrogen and oxygen atoms in total. The van der Waals surface area contributed by atoms with Crippen molar-refractivity contribution < 1.29 is 9.50 Å². The number of nitrogens with one attached hydrogen (secondary N) is 1. The Morgan fingerprint density at radius 1 is 1.50 bits per heavy atom. The summed E-state index contributed by atoms with van der Waals surface area (Å²) in [6.07, 6.45) is 2.13. The summed E-state index contributed by atoms with van der Waals surface area (Å²) in [5, 5.41) is 12.2. The van der Waals surface area contributed by atoms with Crippen LogP contribution < -0.4 is 5.32 Å². The molecule has 0 radical (unpaired) electrons. The SMILES string of the molecule is OCc1cc(F)c(NC2CC2)c(Cl)c1. The van der Waals surface area contributed by atoms with Crippen LogP contribution in [0.25, 0.3) is 0 Å². The molecule has 0 atom stereocenters. The van der Waals surface area contributed by atoms with E-state index in [4.69, 9.17) is 16.7 Å². The van der Waals surface area contributed by atoms with E-state index in [1.54, 1.807) is 6.07 Å². The van der Waals surface area contributed by atoms with Crippen molar-refractivity contribution in [2.45, 2.75) is 25.5 Å². The topological polar surface area (TPSA) is 32.3 Å². The molecule has 1 aliphatic carbocycles. The van der Waals surface area contributed by atoms with E-state index in [2.05, 4.69) is 5.32 Å². The summed E-state index contributed by atoms with van der Waals surface area (Å²) in [5.41, 5.74) is 0.847. The van der Waals surface area contributed by atoms with Gasteiger partial charge < -0.3 is 10.4 Å². The highest BCUT2D eigenvalue weighted by Crippen LogP contribution is 2.32. The zero-order valence-corrected chi connectivity index (χ0v) is 8.31. The Bertz CT molecular complexity index is 329. The first-order valence-corrected chi connectivity index (χ1v) is 4.94. The zero-order chi connectivity index (χ0) is 10.1. The standard InChI is InChI=1S/C10H11ClFNO/c11-8-3-6(5-14)4-9(12)10(8)13-7-1-2-7/h3-4,7,13-14H,1-2,5H2. The first-order valence-electron chi connectivity index (χ1n) is 4.56. The molecule has 2 rings (SSSR count). The zero-order valence-electron chi connectivity index (χ0n) is 7.56. The number of aliphatic hydroxyl groups excluding tert-OH is 1. The third-order valence-electron chi connectivity index (χ3n) is 2.21. The van der Waals surface area contributed by atoms with Crippen LogP contribution in [0.4, 0.5) is 10.1 Å². The summed E-state index contributed by atoms with van der Waals surface area (Å²) in [6, 6.07) is 3.24. The molecule has 0 amide bonds. The molecule has 0 unspecified atom stereocenters. The second kappa shape index (κ2) is 3.75. The van der Waals surface area contributed by atoms with Crippen LogP contribution in [0.2, 0.25) is 5.02 Å². The van der Waals surface area contributed by atoms with E-state index < -0.39 is 5.82 Å². The Hall–Kier alpha value is -0.800. The average molecular weight is 216 g/mol. The molecule has 0 aliphatic heterocycles. The molecular weight excluding hydrogens is 205 g/mol. The van der Waals surface area contributed by atoms with Crippen LogP contribution in [0.5, 0.6) is 0 Å². The van der Waals surface area contributed by atoms with E-state index in [1.807, 2.05) is 0 Å². The average Bonchev–Trinajstić information content (AvgIpc) is 2.94. The smallest absolute Gasteiger partial charge is 0.148 e. The third kappa shape index (κ3) is 1.99. The maximum atomic E-state index is 13.4. The molecular formula is C10H11ClFNO. The van der Waals surface area contributed by atoms with Gasteiger partial charge in [0.25, 0.3) is 0 Å². The lowest BCUT2D eigenvalue weighted by Gasteiger charge is -2.09. The normalized spacial score (nSPS) is 15.6. The molecule has 1 aliphatic rings. The fourth-order valence-corrected chi connectivity index (χ4v) is 1.57. The number of rotatable bonds is 3. The molecule has 0 saturated heterocycles. The monoisotopic (exact) mass is 215 g/mol. The van der Waals surface area contributed by atoms with E-state index in [9.17, 15) is 4.39 Å². The van der Waals surface area contributed by atoms with Gasteiger partial charge in [0.15, 0.2) is 0 Å². The number of hydrogen-bond acceptors (Lipinski definition) is 2. The van der Waals surface area contributed by atoms with E-state index in [1.165, 1.54) is 6.07 Å². The Morgan fingerprint density at radius 2 is 2.21 bits per heavy atom. The highest BCUT2D eigenvalue weighted by molar-refractivity contribution is 6.33. The summed E-state index contributed by atoms with van der Waals surface area (Å²) in [6.45, 7) is -0.194. The van der Waals surface area contributed by atoms with Crippen LogP contribution in [0, 0.1) is 5.82 Å². The lowest BCUT2D eigenvalue weighted by molar-refractivity contribution is 0.281. The maximum Gasteiger partial charge on any atom is 0.148 e. The van der Waals surface area contributed by atoms with Crippen molar-refractivity contribution in [2.75, 3.05) is 5.32 Å². The number of hydrogen-bond donors (Lipinski definition) is 2. The lowest BCUT2D eigenvalue weighted by Crippen LogP contribution is -2.04. The predicted molar refractivity (Wildman–Crippen MR) is 54.0 cm³/mol. The lowest BCUT2D eigenvalue weighted by atomic mass is 10.2. The summed E-state index contributed by atoms with van der Waals surface area (Å²) in [5.74, 6) is -0.395. The van der Waals surface area contributed by atoms with Gasteiger partial charge in [0.1, 0.15) is 5.82 Å². The van der Waals surface area contributed by atoms with Crippen LogP contribution in [-0.4, -0.2) is 11.1 Å². The van der Waals surface area contributed by atoms with E-state index in [-0.39, 0.29) is 6.61 Å². The molecule has 1 saturated carbocycles. The fourth-order valence-electron chi connectivity index (χ4n) is 1.29. The van der Waals surface area contributed by atoms with Crippen LogP contribution in [0.3, 0.4) is 0 Å². The minimum absolute atomic E-state index is 0.194. The largest absolute Gasteiger partial charge is 0.392 e. The van der Waals surface area contributed by atoms with E-state index in [0.717, 1.165) is 12.8 Å². The summed E-state index contributed by atoms with van der Waals surface area (Å²) in [4.78, 5) is 0. The number of aliphatic hydroxyl groups is 1. The molecule has 1 aromatic carbocycles. The molecule has 1 aromatic rings. The summed E-state index contributed by atoms with van der Waals surface area (Å²) >= 11 is 5.87. The van der Waals surface area contributed by atoms with Crippen LogP contribution in [0.15, 0.2) is 12.1 Å². The Labute approximate surface area is 86.7 Å². The van der Waals surface area contributed by atoms with Crippen molar-refractivity contribution >= 4 is 17.3 Å². The Kier molecular flexibility index (Phi) is 2.61. The van der Waals surface area contributed by atoms with Crippen molar-refractivity contribution in [1.29, 1.82) is 0 Å². The van der Waals surface area contributed by atoms with E-state index in [0.29, 0.717) is 22.3 Å². The fraction of sp³-hybridized carbons (Fsp3) is 0.400. The Balaban J connectivity index is 2.28.